The van der Waals surface area contributed by atoms with E-state index < -0.39 is 0 Å². The lowest BCUT2D eigenvalue weighted by Gasteiger charge is -2.11. The van der Waals surface area contributed by atoms with Gasteiger partial charge >= 0.3 is 0 Å². The van der Waals surface area contributed by atoms with Crippen LogP contribution in [0.4, 0.5) is 5.69 Å². The van der Waals surface area contributed by atoms with Gasteiger partial charge in [0.05, 0.1) is 0 Å². The quantitative estimate of drug-likeness (QED) is 0.814. The van der Waals surface area contributed by atoms with Crippen LogP contribution in [0, 0.1) is 13.8 Å². The van der Waals surface area contributed by atoms with Gasteiger partial charge < -0.3 is 10.1 Å². The lowest BCUT2D eigenvalue weighted by Crippen LogP contribution is -2.12. The zero-order valence-corrected chi connectivity index (χ0v) is 12.0. The summed E-state index contributed by atoms with van der Waals surface area (Å²) in [4.78, 5) is 0. The Kier molecular flexibility index (Phi) is 4.69. The molecule has 1 N–H and O–H groups in total. The van der Waals surface area contributed by atoms with Crippen molar-refractivity contribution in [2.24, 2.45) is 0 Å². The van der Waals surface area contributed by atoms with Crippen molar-refractivity contribution in [2.45, 2.75) is 13.8 Å². The van der Waals surface area contributed by atoms with E-state index in [1.54, 1.807) is 0 Å². The SMILES string of the molecule is Cc1ccc(OCCNc2cc(Cl)ccc2C)cc1. The predicted octanol–water partition coefficient (Wildman–Crippen LogP) is 4.45. The zero-order valence-electron chi connectivity index (χ0n) is 11.2. The van der Waals surface area contributed by atoms with Crippen molar-refractivity contribution in [3.05, 3.63) is 58.6 Å². The molecular weight excluding hydrogens is 258 g/mol. The van der Waals surface area contributed by atoms with Gasteiger partial charge in [0.25, 0.3) is 0 Å². The molecule has 0 aliphatic carbocycles. The highest BCUT2D eigenvalue weighted by Crippen LogP contribution is 2.19. The highest BCUT2D eigenvalue weighted by Gasteiger charge is 1.99. The molecule has 0 aliphatic rings. The van der Waals surface area contributed by atoms with Gasteiger partial charge in [0.1, 0.15) is 12.4 Å². The number of ether oxygens (including phenoxy) is 1. The molecule has 3 heteroatoms. The van der Waals surface area contributed by atoms with Crippen molar-refractivity contribution in [1.82, 2.24) is 0 Å². The summed E-state index contributed by atoms with van der Waals surface area (Å²) in [5.41, 5.74) is 3.47. The molecule has 19 heavy (non-hydrogen) atoms. The number of nitrogens with one attached hydrogen (secondary N) is 1. The van der Waals surface area contributed by atoms with Crippen LogP contribution in [-0.4, -0.2) is 13.2 Å². The van der Waals surface area contributed by atoms with Gasteiger partial charge in [-0.2, -0.15) is 0 Å². The van der Waals surface area contributed by atoms with E-state index in [1.165, 1.54) is 11.1 Å². The summed E-state index contributed by atoms with van der Waals surface area (Å²) < 4.78 is 5.66. The molecule has 0 radical (unpaired) electrons. The molecule has 2 aromatic carbocycles. The summed E-state index contributed by atoms with van der Waals surface area (Å²) in [5, 5.41) is 4.07. The highest BCUT2D eigenvalue weighted by atomic mass is 35.5. The minimum atomic E-state index is 0.620. The van der Waals surface area contributed by atoms with E-state index in [2.05, 4.69) is 19.2 Å². The van der Waals surface area contributed by atoms with Gasteiger partial charge in [-0.1, -0.05) is 35.4 Å². The molecule has 2 nitrogen and oxygen atoms in total. The third-order valence-corrected chi connectivity index (χ3v) is 3.14. The number of aryl methyl sites for hydroxylation is 2. The zero-order chi connectivity index (χ0) is 13.7. The van der Waals surface area contributed by atoms with E-state index in [-0.39, 0.29) is 0 Å². The standard InChI is InChI=1S/C16H18ClNO/c1-12-3-7-15(8-4-12)19-10-9-18-16-11-14(17)6-5-13(16)2/h3-8,11,18H,9-10H2,1-2H3. The van der Waals surface area contributed by atoms with Crippen molar-refractivity contribution in [2.75, 3.05) is 18.5 Å². The van der Waals surface area contributed by atoms with Crippen LogP contribution in [0.2, 0.25) is 5.02 Å². The summed E-state index contributed by atoms with van der Waals surface area (Å²) in [5.74, 6) is 0.898. The third-order valence-electron chi connectivity index (χ3n) is 2.91. The van der Waals surface area contributed by atoms with Gasteiger partial charge in [0.2, 0.25) is 0 Å². The molecule has 2 aromatic rings. The Balaban J connectivity index is 1.80. The van der Waals surface area contributed by atoms with E-state index >= 15 is 0 Å². The van der Waals surface area contributed by atoms with Gasteiger partial charge in [-0.05, 0) is 43.7 Å². The second-order valence-electron chi connectivity index (χ2n) is 4.55. The first-order valence-electron chi connectivity index (χ1n) is 6.34. The second kappa shape index (κ2) is 6.48. The Bertz CT molecular complexity index is 537. The minimum Gasteiger partial charge on any atom is -0.492 e. The summed E-state index contributed by atoms with van der Waals surface area (Å²) in [6, 6.07) is 13.9. The van der Waals surface area contributed by atoms with Crippen molar-refractivity contribution in [1.29, 1.82) is 0 Å². The number of benzene rings is 2. The molecule has 0 saturated carbocycles. The van der Waals surface area contributed by atoms with Gasteiger partial charge in [-0.25, -0.2) is 0 Å². The van der Waals surface area contributed by atoms with Gasteiger partial charge in [-0.3, -0.25) is 0 Å². The molecule has 0 aliphatic heterocycles. The molecule has 0 atom stereocenters. The Morgan fingerprint density at radius 2 is 1.79 bits per heavy atom. The van der Waals surface area contributed by atoms with Crippen LogP contribution >= 0.6 is 11.6 Å². The van der Waals surface area contributed by atoms with E-state index in [9.17, 15) is 0 Å². The van der Waals surface area contributed by atoms with Crippen LogP contribution in [0.5, 0.6) is 5.75 Å². The van der Waals surface area contributed by atoms with E-state index in [0.717, 1.165) is 23.0 Å². The maximum Gasteiger partial charge on any atom is 0.119 e. The topological polar surface area (TPSA) is 21.3 Å². The molecular formula is C16H18ClNO. The van der Waals surface area contributed by atoms with Crippen molar-refractivity contribution in [3.8, 4) is 5.75 Å². The number of halogens is 1. The van der Waals surface area contributed by atoms with E-state index in [1.807, 2.05) is 42.5 Å². The molecule has 0 amide bonds. The Morgan fingerprint density at radius 1 is 1.05 bits per heavy atom. The number of rotatable bonds is 5. The summed E-state index contributed by atoms with van der Waals surface area (Å²) in [6.45, 7) is 5.48. The lowest BCUT2D eigenvalue weighted by molar-refractivity contribution is 0.333. The van der Waals surface area contributed by atoms with Gasteiger partial charge in [-0.15, -0.1) is 0 Å². The average molecular weight is 276 g/mol. The average Bonchev–Trinajstić information content (AvgIpc) is 2.40. The van der Waals surface area contributed by atoms with Crippen molar-refractivity contribution < 1.29 is 4.74 Å². The number of hydrogen-bond donors (Lipinski definition) is 1. The maximum absolute atomic E-state index is 5.97. The molecule has 2 rings (SSSR count). The molecule has 100 valence electrons. The monoisotopic (exact) mass is 275 g/mol. The second-order valence-corrected chi connectivity index (χ2v) is 4.98. The fourth-order valence-corrected chi connectivity index (χ4v) is 1.95. The van der Waals surface area contributed by atoms with Crippen LogP contribution in [0.3, 0.4) is 0 Å². The first kappa shape index (κ1) is 13.8. The molecule has 0 unspecified atom stereocenters. The smallest absolute Gasteiger partial charge is 0.119 e. The molecule has 0 aromatic heterocycles. The van der Waals surface area contributed by atoms with Crippen LogP contribution in [0.15, 0.2) is 42.5 Å². The summed E-state index contributed by atoms with van der Waals surface area (Å²) >= 11 is 5.97. The number of hydrogen-bond acceptors (Lipinski definition) is 2. The van der Waals surface area contributed by atoms with Crippen molar-refractivity contribution >= 4 is 17.3 Å². The fraction of sp³-hybridized carbons (Fsp3) is 0.250. The van der Waals surface area contributed by atoms with Gasteiger partial charge in [0, 0.05) is 17.3 Å². The molecule has 0 saturated heterocycles. The van der Waals surface area contributed by atoms with Crippen LogP contribution in [-0.2, 0) is 0 Å². The largest absolute Gasteiger partial charge is 0.492 e. The van der Waals surface area contributed by atoms with E-state index in [4.69, 9.17) is 16.3 Å². The fourth-order valence-electron chi connectivity index (χ4n) is 1.77. The van der Waals surface area contributed by atoms with Gasteiger partial charge in [0.15, 0.2) is 0 Å². The Labute approximate surface area is 119 Å². The van der Waals surface area contributed by atoms with E-state index in [0.29, 0.717) is 6.61 Å². The number of anilines is 1. The first-order valence-corrected chi connectivity index (χ1v) is 6.72. The maximum atomic E-state index is 5.97. The third kappa shape index (κ3) is 4.18. The molecule has 0 spiro atoms. The Morgan fingerprint density at radius 3 is 2.53 bits per heavy atom. The molecule has 0 heterocycles. The molecule has 0 fully saturated rings. The summed E-state index contributed by atoms with van der Waals surface area (Å²) in [7, 11) is 0. The summed E-state index contributed by atoms with van der Waals surface area (Å²) in [6.07, 6.45) is 0. The Hall–Kier alpha value is -1.67. The first-order chi connectivity index (χ1) is 9.15. The van der Waals surface area contributed by atoms with Crippen LogP contribution < -0.4 is 10.1 Å². The van der Waals surface area contributed by atoms with Crippen LogP contribution in [0.1, 0.15) is 11.1 Å². The highest BCUT2D eigenvalue weighted by molar-refractivity contribution is 6.30. The lowest BCUT2D eigenvalue weighted by atomic mass is 10.2. The normalized spacial score (nSPS) is 10.3. The van der Waals surface area contributed by atoms with Crippen molar-refractivity contribution in [3.63, 3.8) is 0 Å². The predicted molar refractivity (Wildman–Crippen MR) is 81.4 cm³/mol. The minimum absolute atomic E-state index is 0.620. The van der Waals surface area contributed by atoms with Crippen LogP contribution in [0.25, 0.3) is 0 Å². The molecule has 0 bridgehead atoms.